The summed E-state index contributed by atoms with van der Waals surface area (Å²) in [6.45, 7) is 15.3. The summed E-state index contributed by atoms with van der Waals surface area (Å²) in [6.07, 6.45) is 1.96. The van der Waals surface area contributed by atoms with E-state index in [0.717, 1.165) is 83.8 Å². The van der Waals surface area contributed by atoms with Crippen molar-refractivity contribution in [3.63, 3.8) is 0 Å². The number of benzene rings is 6. The number of ether oxygens (including phenoxy) is 16. The van der Waals surface area contributed by atoms with Crippen LogP contribution in [0.2, 0.25) is 0 Å². The van der Waals surface area contributed by atoms with Crippen LogP contribution in [0.5, 0.6) is 0 Å². The number of nitrogens with zero attached hydrogens (tertiary/aromatic N) is 10. The van der Waals surface area contributed by atoms with Crippen molar-refractivity contribution >= 4 is 17.5 Å². The molecule has 1 N–H and O–H groups in total. The molecule has 0 radical (unpaired) electrons. The van der Waals surface area contributed by atoms with Crippen molar-refractivity contribution in [3.05, 3.63) is 216 Å². The van der Waals surface area contributed by atoms with E-state index in [1.807, 2.05) is 149 Å². The molecule has 0 aliphatic carbocycles. The van der Waals surface area contributed by atoms with Gasteiger partial charge in [0, 0.05) is 87.3 Å². The van der Waals surface area contributed by atoms with Gasteiger partial charge in [0.15, 0.2) is 0 Å². The third-order valence-corrected chi connectivity index (χ3v) is 17.1. The smallest absolute Gasteiger partial charge is 0.227 e. The Morgan fingerprint density at radius 3 is 1.10 bits per heavy atom. The van der Waals surface area contributed by atoms with Gasteiger partial charge in [-0.1, -0.05) is 130 Å². The molecule has 29 nitrogen and oxygen atoms in total. The average Bonchev–Trinajstić information content (AvgIpc) is 1.53. The molecular formula is C87H107N11O18. The van der Waals surface area contributed by atoms with Crippen LogP contribution in [-0.4, -0.2) is 239 Å². The molecule has 2 heterocycles. The standard InChI is InChI=1S/C87H107N11O18/c1-90-84(99)12-6-7-13-85(100)97-67-80-8-2-3-9-81(80)86-87(82-10-4-5-11-83(82)97)98(96-93-86)34-37-103-38-39-104-40-41-105-42-43-106-44-45-107-46-47-108-48-49-109-50-51-110-52-53-111-54-55-112-56-57-113-60-63-116-70-76-27-18-73(19-28-76)22-31-79-65-77(29-20-71-14-23-74(24-15-71)68-114-61-58-101-35-32-91-94-88)64-78(66-79)30-21-72-16-25-75(26-17-72)69-115-62-59-102-36-33-92-95-89/h2-5,8-11,14-19,23-28,64-66H,6-7,12-13,32-63,67-70H2,1H3,(H,90,99). The molecular weight excluding hydrogens is 1490 g/mol. The molecule has 29 heteroatoms. The molecule has 116 heavy (non-hydrogen) atoms. The first-order chi connectivity index (χ1) is 57.4. The summed E-state index contributed by atoms with van der Waals surface area (Å²) in [4.78, 5) is 32.9. The molecule has 0 bridgehead atoms. The van der Waals surface area contributed by atoms with Gasteiger partial charge in [0.05, 0.1) is 236 Å². The fraction of sp³-hybridized carbons (Fsp3) is 0.471. The first-order valence-corrected chi connectivity index (χ1v) is 39.2. The van der Waals surface area contributed by atoms with E-state index >= 15 is 0 Å². The van der Waals surface area contributed by atoms with Gasteiger partial charge in [0.25, 0.3) is 0 Å². The van der Waals surface area contributed by atoms with Crippen molar-refractivity contribution in [3.8, 4) is 58.0 Å². The van der Waals surface area contributed by atoms with Crippen LogP contribution < -0.4 is 10.2 Å². The molecule has 0 unspecified atom stereocenters. The number of para-hydroxylation sites is 1. The zero-order valence-corrected chi connectivity index (χ0v) is 66.4. The van der Waals surface area contributed by atoms with Crippen molar-refractivity contribution in [2.75, 3.05) is 217 Å². The van der Waals surface area contributed by atoms with Gasteiger partial charge in [-0.15, -0.1) is 5.10 Å². The molecule has 0 fully saturated rings. The minimum atomic E-state index is -0.0291. The van der Waals surface area contributed by atoms with E-state index in [9.17, 15) is 9.59 Å². The molecule has 0 saturated carbocycles. The summed E-state index contributed by atoms with van der Waals surface area (Å²) < 4.78 is 92.2. The number of carbonyl (C=O) groups is 2. The fourth-order valence-corrected chi connectivity index (χ4v) is 11.2. The largest absolute Gasteiger partial charge is 0.379 e. The zero-order chi connectivity index (χ0) is 81.0. The highest BCUT2D eigenvalue weighted by Crippen LogP contribution is 2.41. The lowest BCUT2D eigenvalue weighted by atomic mass is 9.95. The van der Waals surface area contributed by atoms with E-state index < -0.39 is 0 Å². The second-order valence-corrected chi connectivity index (χ2v) is 25.7. The van der Waals surface area contributed by atoms with Crippen molar-refractivity contribution in [1.82, 2.24) is 20.3 Å². The molecule has 2 amide bonds. The lowest BCUT2D eigenvalue weighted by Gasteiger charge is -2.29. The number of rotatable bonds is 59. The highest BCUT2D eigenvalue weighted by molar-refractivity contribution is 6.00. The summed E-state index contributed by atoms with van der Waals surface area (Å²) in [5.41, 5.74) is 29.8. The monoisotopic (exact) mass is 1590 g/mol. The second kappa shape index (κ2) is 58.8. The highest BCUT2D eigenvalue weighted by atomic mass is 16.6. The summed E-state index contributed by atoms with van der Waals surface area (Å²) >= 11 is 0. The maximum absolute atomic E-state index is 13.8. The number of fused-ring (bicyclic) bond motifs is 5. The lowest BCUT2D eigenvalue weighted by Crippen LogP contribution is -2.31. The minimum absolute atomic E-state index is 0.00337. The van der Waals surface area contributed by atoms with Gasteiger partial charge in [0.1, 0.15) is 5.69 Å². The average molecular weight is 1590 g/mol. The minimum Gasteiger partial charge on any atom is -0.379 e. The number of aromatic nitrogens is 3. The number of anilines is 1. The molecule has 1 aliphatic rings. The van der Waals surface area contributed by atoms with Crippen LogP contribution in [-0.2, 0) is 118 Å². The third kappa shape index (κ3) is 37.8. The Balaban J connectivity index is 0.575. The van der Waals surface area contributed by atoms with Crippen LogP contribution >= 0.6 is 0 Å². The summed E-state index contributed by atoms with van der Waals surface area (Å²) in [6, 6.07) is 45.5. The molecule has 0 saturated heterocycles. The van der Waals surface area contributed by atoms with E-state index in [1.165, 1.54) is 0 Å². The molecule has 0 spiro atoms. The van der Waals surface area contributed by atoms with Crippen LogP contribution in [0.3, 0.4) is 0 Å². The quantitative estimate of drug-likeness (QED) is 0.0122. The van der Waals surface area contributed by atoms with E-state index in [2.05, 4.69) is 71.2 Å². The fourth-order valence-electron chi connectivity index (χ4n) is 11.2. The van der Waals surface area contributed by atoms with Gasteiger partial charge < -0.3 is 86.0 Å². The normalized spacial score (nSPS) is 11.3. The molecule has 0 atom stereocenters. The van der Waals surface area contributed by atoms with Crippen molar-refractivity contribution in [1.29, 1.82) is 0 Å². The Labute approximate surface area is 679 Å². The van der Waals surface area contributed by atoms with E-state index in [4.69, 9.17) is 86.9 Å². The molecule has 8 rings (SSSR count). The number of unbranched alkanes of at least 4 members (excludes halogenated alkanes) is 1. The Morgan fingerprint density at radius 2 is 0.724 bits per heavy atom. The number of hydrogen-bond donors (Lipinski definition) is 1. The summed E-state index contributed by atoms with van der Waals surface area (Å²) in [5.74, 6) is 19.8. The van der Waals surface area contributed by atoms with Crippen LogP contribution in [0.1, 0.15) is 81.3 Å². The topological polar surface area (TPSA) is 325 Å². The van der Waals surface area contributed by atoms with Gasteiger partial charge >= 0.3 is 0 Å². The first-order valence-electron chi connectivity index (χ1n) is 39.2. The summed E-state index contributed by atoms with van der Waals surface area (Å²) in [5, 5.41) is 18.7. The molecule has 6 aromatic carbocycles. The van der Waals surface area contributed by atoms with Crippen molar-refractivity contribution < 1.29 is 85.4 Å². The van der Waals surface area contributed by atoms with Gasteiger partial charge in [-0.05, 0) is 107 Å². The zero-order valence-electron chi connectivity index (χ0n) is 66.4. The van der Waals surface area contributed by atoms with Crippen molar-refractivity contribution in [2.45, 2.75) is 58.6 Å². The number of hydrogen-bond acceptors (Lipinski definition) is 22. The molecule has 1 aromatic heterocycles. The van der Waals surface area contributed by atoms with Crippen LogP contribution in [0.15, 0.2) is 150 Å². The van der Waals surface area contributed by atoms with E-state index in [1.54, 1.807) is 7.05 Å². The highest BCUT2D eigenvalue weighted by Gasteiger charge is 2.29. The Morgan fingerprint density at radius 1 is 0.397 bits per heavy atom. The molecule has 7 aromatic rings. The third-order valence-electron chi connectivity index (χ3n) is 17.1. The maximum atomic E-state index is 13.8. The number of azide groups is 2. The maximum Gasteiger partial charge on any atom is 0.227 e. The Hall–Kier alpha value is -9.94. The lowest BCUT2D eigenvalue weighted by molar-refractivity contribution is -0.121. The Bertz CT molecular complexity index is 4150. The first kappa shape index (κ1) is 91.6. The van der Waals surface area contributed by atoms with Gasteiger partial charge in [-0.25, -0.2) is 4.68 Å². The van der Waals surface area contributed by atoms with Crippen LogP contribution in [0, 0.1) is 35.5 Å². The van der Waals surface area contributed by atoms with E-state index in [-0.39, 0.29) is 11.8 Å². The summed E-state index contributed by atoms with van der Waals surface area (Å²) in [7, 11) is 1.62. The van der Waals surface area contributed by atoms with Gasteiger partial charge in [-0.3, -0.25) is 9.59 Å². The predicted molar refractivity (Wildman–Crippen MR) is 436 cm³/mol. The van der Waals surface area contributed by atoms with Gasteiger partial charge in [-0.2, -0.15) is 0 Å². The van der Waals surface area contributed by atoms with Crippen molar-refractivity contribution in [2.24, 2.45) is 10.2 Å². The number of carbonyl (C=O) groups excluding carboxylic acids is 2. The van der Waals surface area contributed by atoms with E-state index in [0.29, 0.717) is 263 Å². The SMILES string of the molecule is CNC(=O)CCCCC(=O)N1Cc2ccccc2-c2nnn(CCOCCOCCOCCOCCOCCOCCOCCOCCOCCOCCOCCOCc3ccc(C#Cc4cc(C#Cc5ccc(COCCOCCN=[N+]=[N-])cc5)cc(C#Cc5ccc(COCCOCCN=[N+]=[N-])cc5)c4)cc3)c2-c2ccccc21. The molecule has 1 aliphatic heterocycles. The van der Waals surface area contributed by atoms with Gasteiger partial charge in [0.2, 0.25) is 11.8 Å². The number of nitrogens with one attached hydrogen (secondary N) is 1. The molecule has 618 valence electrons. The predicted octanol–water partition coefficient (Wildman–Crippen LogP) is 11.1. The number of amides is 2. The Kier molecular flexibility index (Phi) is 46.4. The van der Waals surface area contributed by atoms with Crippen LogP contribution in [0.25, 0.3) is 43.4 Å². The second-order valence-electron chi connectivity index (χ2n) is 25.7. The van der Waals surface area contributed by atoms with Crippen LogP contribution in [0.4, 0.5) is 5.69 Å².